The lowest BCUT2D eigenvalue weighted by molar-refractivity contribution is -0.0453. The SMILES string of the molecule is Cn1ccnc1CN1CCC2(CC1)CC(c1cncnc1)CO2. The average molecular weight is 313 g/mol. The molecule has 0 N–H and O–H groups in total. The van der Waals surface area contributed by atoms with Gasteiger partial charge in [0.2, 0.25) is 0 Å². The molecule has 0 radical (unpaired) electrons. The Morgan fingerprint density at radius 1 is 1.26 bits per heavy atom. The van der Waals surface area contributed by atoms with Crippen LogP contribution in [0.2, 0.25) is 0 Å². The molecule has 2 aromatic rings. The van der Waals surface area contributed by atoms with Crippen LogP contribution in [0.15, 0.2) is 31.1 Å². The topological polar surface area (TPSA) is 56.1 Å². The van der Waals surface area contributed by atoms with Gasteiger partial charge in [-0.2, -0.15) is 0 Å². The molecule has 2 saturated heterocycles. The molecule has 4 rings (SSSR count). The van der Waals surface area contributed by atoms with E-state index in [0.29, 0.717) is 5.92 Å². The lowest BCUT2D eigenvalue weighted by atomic mass is 9.84. The minimum atomic E-state index is 0.0542. The van der Waals surface area contributed by atoms with E-state index in [-0.39, 0.29) is 5.60 Å². The molecule has 0 bridgehead atoms. The van der Waals surface area contributed by atoms with Gasteiger partial charge < -0.3 is 9.30 Å². The Morgan fingerprint density at radius 2 is 2.04 bits per heavy atom. The van der Waals surface area contributed by atoms with Gasteiger partial charge in [-0.25, -0.2) is 15.0 Å². The molecular formula is C17H23N5O. The molecule has 1 unspecified atom stereocenters. The fourth-order valence-corrected chi connectivity index (χ4v) is 3.80. The highest BCUT2D eigenvalue weighted by Gasteiger charge is 2.43. The number of aromatic nitrogens is 4. The van der Waals surface area contributed by atoms with Gasteiger partial charge in [0.05, 0.1) is 18.8 Å². The average Bonchev–Trinajstić information content (AvgIpc) is 3.18. The summed E-state index contributed by atoms with van der Waals surface area (Å²) in [5.74, 6) is 1.57. The Morgan fingerprint density at radius 3 is 2.74 bits per heavy atom. The summed E-state index contributed by atoms with van der Waals surface area (Å²) in [5.41, 5.74) is 1.26. The summed E-state index contributed by atoms with van der Waals surface area (Å²) in [6.45, 7) is 3.87. The molecule has 1 atom stereocenters. The van der Waals surface area contributed by atoms with Gasteiger partial charge in [-0.15, -0.1) is 0 Å². The minimum absolute atomic E-state index is 0.0542. The third kappa shape index (κ3) is 3.01. The largest absolute Gasteiger partial charge is 0.374 e. The molecule has 0 amide bonds. The van der Waals surface area contributed by atoms with Crippen molar-refractivity contribution >= 4 is 0 Å². The summed E-state index contributed by atoms with van der Waals surface area (Å²) in [4.78, 5) is 15.2. The first-order valence-corrected chi connectivity index (χ1v) is 8.32. The third-order valence-electron chi connectivity index (χ3n) is 5.31. The van der Waals surface area contributed by atoms with Crippen molar-refractivity contribution in [1.82, 2.24) is 24.4 Å². The quantitative estimate of drug-likeness (QED) is 0.864. The zero-order chi connectivity index (χ0) is 15.7. The molecular weight excluding hydrogens is 290 g/mol. The predicted octanol–water partition coefficient (Wildman–Crippen LogP) is 1.75. The van der Waals surface area contributed by atoms with Gasteiger partial charge in [0.1, 0.15) is 12.2 Å². The Hall–Kier alpha value is -1.79. The number of nitrogens with zero attached hydrogens (tertiary/aromatic N) is 5. The van der Waals surface area contributed by atoms with Gasteiger partial charge in [0.25, 0.3) is 0 Å². The molecule has 1 spiro atoms. The molecule has 6 nitrogen and oxygen atoms in total. The Labute approximate surface area is 136 Å². The number of piperidine rings is 1. The first kappa shape index (κ1) is 14.8. The number of imidazole rings is 1. The summed E-state index contributed by atoms with van der Waals surface area (Å²) in [5, 5.41) is 0. The number of hydrogen-bond donors (Lipinski definition) is 0. The highest BCUT2D eigenvalue weighted by atomic mass is 16.5. The number of ether oxygens (including phenoxy) is 1. The highest BCUT2D eigenvalue weighted by Crippen LogP contribution is 2.42. The van der Waals surface area contributed by atoms with Crippen molar-refractivity contribution in [1.29, 1.82) is 0 Å². The fraction of sp³-hybridized carbons (Fsp3) is 0.588. The Bertz CT molecular complexity index is 648. The van der Waals surface area contributed by atoms with E-state index in [1.165, 1.54) is 5.56 Å². The summed E-state index contributed by atoms with van der Waals surface area (Å²) in [7, 11) is 2.06. The molecule has 2 aliphatic heterocycles. The van der Waals surface area contributed by atoms with E-state index in [0.717, 1.165) is 51.3 Å². The zero-order valence-corrected chi connectivity index (χ0v) is 13.6. The van der Waals surface area contributed by atoms with Crippen LogP contribution >= 0.6 is 0 Å². The number of aryl methyl sites for hydroxylation is 1. The number of likely N-dealkylation sites (tertiary alicyclic amines) is 1. The molecule has 0 aromatic carbocycles. The van der Waals surface area contributed by atoms with Gasteiger partial charge in [-0.3, -0.25) is 4.90 Å². The van der Waals surface area contributed by atoms with Crippen molar-refractivity contribution in [3.8, 4) is 0 Å². The minimum Gasteiger partial charge on any atom is -0.374 e. The van der Waals surface area contributed by atoms with Crippen LogP contribution in [-0.4, -0.2) is 49.7 Å². The van der Waals surface area contributed by atoms with Gasteiger partial charge in [-0.05, 0) is 24.8 Å². The number of rotatable bonds is 3. The van der Waals surface area contributed by atoms with E-state index in [2.05, 4.69) is 31.5 Å². The van der Waals surface area contributed by atoms with Crippen LogP contribution in [-0.2, 0) is 18.3 Å². The molecule has 122 valence electrons. The van der Waals surface area contributed by atoms with Crippen LogP contribution in [0, 0.1) is 0 Å². The van der Waals surface area contributed by atoms with Crippen molar-refractivity contribution in [3.05, 3.63) is 42.5 Å². The second-order valence-electron chi connectivity index (χ2n) is 6.80. The summed E-state index contributed by atoms with van der Waals surface area (Å²) < 4.78 is 8.35. The highest BCUT2D eigenvalue weighted by molar-refractivity contribution is 5.14. The second-order valence-corrected chi connectivity index (χ2v) is 6.80. The van der Waals surface area contributed by atoms with Gasteiger partial charge in [0.15, 0.2) is 0 Å². The molecule has 0 aliphatic carbocycles. The van der Waals surface area contributed by atoms with E-state index in [9.17, 15) is 0 Å². The Kier molecular flexibility index (Phi) is 3.87. The third-order valence-corrected chi connectivity index (χ3v) is 5.31. The van der Waals surface area contributed by atoms with Crippen LogP contribution in [0.25, 0.3) is 0 Å². The monoisotopic (exact) mass is 313 g/mol. The predicted molar refractivity (Wildman–Crippen MR) is 85.8 cm³/mol. The van der Waals surface area contributed by atoms with Crippen LogP contribution in [0.4, 0.5) is 0 Å². The van der Waals surface area contributed by atoms with Crippen LogP contribution in [0.3, 0.4) is 0 Å². The zero-order valence-electron chi connectivity index (χ0n) is 13.6. The van der Waals surface area contributed by atoms with E-state index >= 15 is 0 Å². The summed E-state index contributed by atoms with van der Waals surface area (Å²) in [6, 6.07) is 0. The standard InChI is InChI=1S/C17H23N5O/c1-21-7-4-20-16(21)11-22-5-2-17(3-6-22)8-14(12-23-17)15-9-18-13-19-10-15/h4,7,9-10,13-14H,2-3,5-6,8,11-12H2,1H3. The van der Waals surface area contributed by atoms with Crippen LogP contribution in [0.1, 0.15) is 36.6 Å². The Balaban J connectivity index is 1.35. The molecule has 23 heavy (non-hydrogen) atoms. The lowest BCUT2D eigenvalue weighted by Gasteiger charge is -2.38. The van der Waals surface area contributed by atoms with Gasteiger partial charge in [0, 0.05) is 50.8 Å². The van der Waals surface area contributed by atoms with E-state index in [4.69, 9.17) is 4.74 Å². The van der Waals surface area contributed by atoms with Crippen LogP contribution < -0.4 is 0 Å². The smallest absolute Gasteiger partial charge is 0.122 e. The van der Waals surface area contributed by atoms with Crippen molar-refractivity contribution in [2.45, 2.75) is 37.3 Å². The maximum absolute atomic E-state index is 6.25. The van der Waals surface area contributed by atoms with Gasteiger partial charge >= 0.3 is 0 Å². The maximum Gasteiger partial charge on any atom is 0.122 e. The van der Waals surface area contributed by atoms with Crippen molar-refractivity contribution in [2.75, 3.05) is 19.7 Å². The van der Waals surface area contributed by atoms with E-state index < -0.39 is 0 Å². The normalized spacial score (nSPS) is 24.3. The molecule has 6 heteroatoms. The van der Waals surface area contributed by atoms with Crippen molar-refractivity contribution in [2.24, 2.45) is 7.05 Å². The van der Waals surface area contributed by atoms with Gasteiger partial charge in [-0.1, -0.05) is 0 Å². The van der Waals surface area contributed by atoms with E-state index in [1.54, 1.807) is 6.33 Å². The molecule has 2 fully saturated rings. The first-order valence-electron chi connectivity index (χ1n) is 8.32. The fourth-order valence-electron chi connectivity index (χ4n) is 3.80. The molecule has 0 saturated carbocycles. The maximum atomic E-state index is 6.25. The first-order chi connectivity index (χ1) is 11.2. The number of hydrogen-bond acceptors (Lipinski definition) is 5. The van der Waals surface area contributed by atoms with Crippen molar-refractivity contribution < 1.29 is 4.74 Å². The second kappa shape index (κ2) is 6.02. The summed E-state index contributed by atoms with van der Waals surface area (Å²) in [6.07, 6.45) is 12.6. The lowest BCUT2D eigenvalue weighted by Crippen LogP contribution is -2.44. The van der Waals surface area contributed by atoms with Crippen molar-refractivity contribution in [3.63, 3.8) is 0 Å². The summed E-state index contributed by atoms with van der Waals surface area (Å²) >= 11 is 0. The molecule has 2 aliphatic rings. The molecule has 2 aromatic heterocycles. The molecule has 4 heterocycles. The van der Waals surface area contributed by atoms with Crippen LogP contribution in [0.5, 0.6) is 0 Å². The van der Waals surface area contributed by atoms with E-state index in [1.807, 2.05) is 24.8 Å².